The Labute approximate surface area is 198 Å². The van der Waals surface area contributed by atoms with Crippen LogP contribution in [0.1, 0.15) is 28.8 Å². The molecular formula is C26H26ClN3O3. The van der Waals surface area contributed by atoms with E-state index < -0.39 is 0 Å². The fourth-order valence-electron chi connectivity index (χ4n) is 3.33. The van der Waals surface area contributed by atoms with E-state index in [1.165, 1.54) is 0 Å². The zero-order valence-corrected chi connectivity index (χ0v) is 19.1. The van der Waals surface area contributed by atoms with Crippen molar-refractivity contribution >= 4 is 29.1 Å². The van der Waals surface area contributed by atoms with Gasteiger partial charge in [-0.2, -0.15) is 0 Å². The molecule has 2 N–H and O–H groups in total. The first-order valence-corrected chi connectivity index (χ1v) is 11.2. The fourth-order valence-corrected chi connectivity index (χ4v) is 3.51. The summed E-state index contributed by atoms with van der Waals surface area (Å²) in [5, 5.41) is 6.41. The second kappa shape index (κ2) is 10.5. The Morgan fingerprint density at radius 1 is 1.00 bits per heavy atom. The number of hydrogen-bond acceptors (Lipinski definition) is 4. The first kappa shape index (κ1) is 22.8. The topological polar surface area (TPSA) is 70.7 Å². The Morgan fingerprint density at radius 3 is 2.36 bits per heavy atom. The Morgan fingerprint density at radius 2 is 1.70 bits per heavy atom. The van der Waals surface area contributed by atoms with Crippen LogP contribution < -0.4 is 15.4 Å². The van der Waals surface area contributed by atoms with Crippen LogP contribution in [0.5, 0.6) is 11.5 Å². The molecule has 0 heterocycles. The molecular weight excluding hydrogens is 438 g/mol. The van der Waals surface area contributed by atoms with E-state index in [9.17, 15) is 9.59 Å². The molecule has 3 aromatic carbocycles. The van der Waals surface area contributed by atoms with Crippen molar-refractivity contribution in [2.75, 3.05) is 18.9 Å². The van der Waals surface area contributed by atoms with Gasteiger partial charge in [-0.1, -0.05) is 35.9 Å². The number of rotatable bonds is 9. The summed E-state index contributed by atoms with van der Waals surface area (Å²) < 4.78 is 5.77. The summed E-state index contributed by atoms with van der Waals surface area (Å²) in [6.45, 7) is 0.838. The average Bonchev–Trinajstić information content (AvgIpc) is 3.61. The maximum atomic E-state index is 12.4. The molecule has 1 fully saturated rings. The Kier molecular flexibility index (Phi) is 7.27. The standard InChI is InChI=1S/C26H26ClN3O3/c1-30(16-18-6-8-19(9-7-18)26(32)29-21-10-11-21)17-25(31)28-20-12-14-22(15-13-20)33-24-5-3-2-4-23(24)27/h2-9,12-15,21H,10-11,16-17H2,1H3,(H,28,31)(H,29,32). The second-order valence-electron chi connectivity index (χ2n) is 8.22. The van der Waals surface area contributed by atoms with Gasteiger partial charge in [0.2, 0.25) is 5.91 Å². The number of amides is 2. The third kappa shape index (κ3) is 6.81. The molecule has 0 saturated heterocycles. The number of anilines is 1. The molecule has 0 unspecified atom stereocenters. The van der Waals surface area contributed by atoms with Gasteiger partial charge >= 0.3 is 0 Å². The van der Waals surface area contributed by atoms with E-state index in [1.807, 2.05) is 48.3 Å². The van der Waals surface area contributed by atoms with Crippen LogP contribution in [0.2, 0.25) is 5.02 Å². The van der Waals surface area contributed by atoms with Crippen molar-refractivity contribution in [2.45, 2.75) is 25.4 Å². The summed E-state index contributed by atoms with van der Waals surface area (Å²) in [5.74, 6) is 1.07. The van der Waals surface area contributed by atoms with E-state index in [2.05, 4.69) is 10.6 Å². The highest BCUT2D eigenvalue weighted by Crippen LogP contribution is 2.29. The monoisotopic (exact) mass is 463 g/mol. The number of para-hydroxylation sites is 1. The Bertz CT molecular complexity index is 1110. The summed E-state index contributed by atoms with van der Waals surface area (Å²) in [7, 11) is 1.88. The second-order valence-corrected chi connectivity index (χ2v) is 8.63. The minimum atomic E-state index is -0.113. The lowest BCUT2D eigenvalue weighted by molar-refractivity contribution is -0.117. The number of likely N-dealkylation sites (N-methyl/N-ethyl adjacent to an activating group) is 1. The van der Waals surface area contributed by atoms with Crippen LogP contribution in [-0.2, 0) is 11.3 Å². The number of ether oxygens (including phenoxy) is 1. The summed E-state index contributed by atoms with van der Waals surface area (Å²) in [6, 6.07) is 22.2. The molecule has 0 bridgehead atoms. The van der Waals surface area contributed by atoms with Crippen molar-refractivity contribution in [3.05, 3.63) is 88.9 Å². The molecule has 170 valence electrons. The van der Waals surface area contributed by atoms with Crippen molar-refractivity contribution in [1.82, 2.24) is 10.2 Å². The fraction of sp³-hybridized carbons (Fsp3) is 0.231. The molecule has 7 heteroatoms. The summed E-state index contributed by atoms with van der Waals surface area (Å²) in [4.78, 5) is 26.4. The molecule has 0 aromatic heterocycles. The van der Waals surface area contributed by atoms with Crippen LogP contribution in [0.4, 0.5) is 5.69 Å². The number of carbonyl (C=O) groups is 2. The van der Waals surface area contributed by atoms with Gasteiger partial charge in [-0.15, -0.1) is 0 Å². The van der Waals surface area contributed by atoms with Gasteiger partial charge in [-0.25, -0.2) is 0 Å². The molecule has 4 rings (SSSR count). The molecule has 3 aromatic rings. The van der Waals surface area contributed by atoms with E-state index in [0.717, 1.165) is 18.4 Å². The van der Waals surface area contributed by atoms with Gasteiger partial charge in [0.1, 0.15) is 11.5 Å². The van der Waals surface area contributed by atoms with Gasteiger partial charge in [-0.3, -0.25) is 14.5 Å². The first-order chi connectivity index (χ1) is 16.0. The number of benzene rings is 3. The summed E-state index contributed by atoms with van der Waals surface area (Å²) in [5.41, 5.74) is 2.38. The molecule has 1 aliphatic rings. The van der Waals surface area contributed by atoms with Crippen LogP contribution >= 0.6 is 11.6 Å². The third-order valence-corrected chi connectivity index (χ3v) is 5.51. The van der Waals surface area contributed by atoms with Crippen molar-refractivity contribution in [3.63, 3.8) is 0 Å². The normalized spacial score (nSPS) is 12.9. The van der Waals surface area contributed by atoms with Crippen LogP contribution in [0.15, 0.2) is 72.8 Å². The number of nitrogens with one attached hydrogen (secondary N) is 2. The zero-order chi connectivity index (χ0) is 23.2. The molecule has 2 amide bonds. The van der Waals surface area contributed by atoms with Gasteiger partial charge in [0, 0.05) is 23.8 Å². The highest BCUT2D eigenvalue weighted by atomic mass is 35.5. The molecule has 0 spiro atoms. The smallest absolute Gasteiger partial charge is 0.251 e. The van der Waals surface area contributed by atoms with Crippen LogP contribution in [0, 0.1) is 0 Å². The van der Waals surface area contributed by atoms with Gasteiger partial charge < -0.3 is 15.4 Å². The SMILES string of the molecule is CN(CC(=O)Nc1ccc(Oc2ccccc2Cl)cc1)Cc1ccc(C(=O)NC2CC2)cc1. The van der Waals surface area contributed by atoms with E-state index in [0.29, 0.717) is 40.4 Å². The number of carbonyl (C=O) groups excluding carboxylic acids is 2. The predicted molar refractivity (Wildman–Crippen MR) is 130 cm³/mol. The highest BCUT2D eigenvalue weighted by Gasteiger charge is 2.23. The van der Waals surface area contributed by atoms with Crippen molar-refractivity contribution < 1.29 is 14.3 Å². The number of nitrogens with zero attached hydrogens (tertiary/aromatic N) is 1. The zero-order valence-electron chi connectivity index (χ0n) is 18.4. The third-order valence-electron chi connectivity index (χ3n) is 5.20. The van der Waals surface area contributed by atoms with Gasteiger partial charge in [0.25, 0.3) is 5.91 Å². The molecule has 33 heavy (non-hydrogen) atoms. The lowest BCUT2D eigenvalue weighted by Crippen LogP contribution is -2.30. The number of hydrogen-bond donors (Lipinski definition) is 2. The lowest BCUT2D eigenvalue weighted by atomic mass is 10.1. The molecule has 0 atom stereocenters. The van der Waals surface area contributed by atoms with Gasteiger partial charge in [0.05, 0.1) is 11.6 Å². The summed E-state index contributed by atoms with van der Waals surface area (Å²) >= 11 is 6.12. The minimum Gasteiger partial charge on any atom is -0.456 e. The van der Waals surface area contributed by atoms with Crippen molar-refractivity contribution in [3.8, 4) is 11.5 Å². The predicted octanol–water partition coefficient (Wildman–Crippen LogP) is 5.10. The molecule has 1 saturated carbocycles. The van der Waals surface area contributed by atoms with Crippen molar-refractivity contribution in [2.24, 2.45) is 0 Å². The Hall–Kier alpha value is -3.35. The quantitative estimate of drug-likeness (QED) is 0.463. The largest absolute Gasteiger partial charge is 0.456 e. The van der Waals surface area contributed by atoms with E-state index in [1.54, 1.807) is 36.4 Å². The van der Waals surface area contributed by atoms with E-state index in [-0.39, 0.29) is 18.4 Å². The maximum Gasteiger partial charge on any atom is 0.251 e. The van der Waals surface area contributed by atoms with Crippen LogP contribution in [0.3, 0.4) is 0 Å². The molecule has 6 nitrogen and oxygen atoms in total. The van der Waals surface area contributed by atoms with Crippen LogP contribution in [0.25, 0.3) is 0 Å². The molecule has 1 aliphatic carbocycles. The summed E-state index contributed by atoms with van der Waals surface area (Å²) in [6.07, 6.45) is 2.13. The lowest BCUT2D eigenvalue weighted by Gasteiger charge is -2.17. The first-order valence-electron chi connectivity index (χ1n) is 10.9. The van der Waals surface area contributed by atoms with Crippen molar-refractivity contribution in [1.29, 1.82) is 0 Å². The van der Waals surface area contributed by atoms with Gasteiger partial charge in [0.15, 0.2) is 0 Å². The Balaban J connectivity index is 1.24. The maximum absolute atomic E-state index is 12.4. The molecule has 0 aliphatic heterocycles. The van der Waals surface area contributed by atoms with E-state index >= 15 is 0 Å². The average molecular weight is 464 g/mol. The molecule has 0 radical (unpaired) electrons. The van der Waals surface area contributed by atoms with Crippen LogP contribution in [-0.4, -0.2) is 36.3 Å². The number of halogens is 1. The van der Waals surface area contributed by atoms with E-state index in [4.69, 9.17) is 16.3 Å². The van der Waals surface area contributed by atoms with Gasteiger partial charge in [-0.05, 0) is 74.0 Å². The highest BCUT2D eigenvalue weighted by molar-refractivity contribution is 6.32. The minimum absolute atomic E-state index is 0.0277.